The van der Waals surface area contributed by atoms with Gasteiger partial charge in [-0.2, -0.15) is 0 Å². The fourth-order valence-corrected chi connectivity index (χ4v) is 2.65. The molecule has 0 unspecified atom stereocenters. The van der Waals surface area contributed by atoms with Crippen molar-refractivity contribution in [3.8, 4) is 0 Å². The number of aliphatic carboxylic acids is 1. The Morgan fingerprint density at radius 3 is 1.21 bits per heavy atom. The Balaban J connectivity index is 0. The first kappa shape index (κ1) is 25.6. The first-order valence-electron chi connectivity index (χ1n) is 10.2. The van der Waals surface area contributed by atoms with Crippen LogP contribution in [0.25, 0.3) is 0 Å². The fraction of sp³-hybridized carbons (Fsp3) is 0.950. The van der Waals surface area contributed by atoms with Gasteiger partial charge in [0.25, 0.3) is 0 Å². The number of quaternary nitrogens is 1. The maximum atomic E-state index is 10.3. The molecule has 0 amide bonds. The topological polar surface area (TPSA) is 64.8 Å². The zero-order valence-corrected chi connectivity index (χ0v) is 16.6. The summed E-state index contributed by atoms with van der Waals surface area (Å²) < 4.78 is 0. The molecule has 0 atom stereocenters. The van der Waals surface area contributed by atoms with Crippen LogP contribution in [0.4, 0.5) is 0 Å². The molecule has 0 aliphatic carbocycles. The Kier molecular flexibility index (Phi) is 23.9. The smallest absolute Gasteiger partial charge is 0.303 e. The SMILES string of the molecule is CCCCCCCCCCCCCCCCCC(=O)O.C[NH+](C)[O-]. The molecule has 0 rings (SSSR count). The lowest BCUT2D eigenvalue weighted by Crippen LogP contribution is -3.00. The molecular formula is C20H43NO3. The van der Waals surface area contributed by atoms with Gasteiger partial charge >= 0.3 is 5.97 Å². The second kappa shape index (κ2) is 22.4. The molecule has 0 aromatic rings. The van der Waals surface area contributed by atoms with Gasteiger partial charge in [0.2, 0.25) is 0 Å². The van der Waals surface area contributed by atoms with E-state index >= 15 is 0 Å². The van der Waals surface area contributed by atoms with E-state index in [0.29, 0.717) is 6.42 Å². The first-order valence-corrected chi connectivity index (χ1v) is 10.2. The van der Waals surface area contributed by atoms with Crippen molar-refractivity contribution in [3.63, 3.8) is 0 Å². The molecule has 0 aromatic carbocycles. The Labute approximate surface area is 150 Å². The van der Waals surface area contributed by atoms with E-state index in [4.69, 9.17) is 5.11 Å². The van der Waals surface area contributed by atoms with E-state index in [9.17, 15) is 10.0 Å². The summed E-state index contributed by atoms with van der Waals surface area (Å²) in [6.45, 7) is 2.27. The molecular weight excluding hydrogens is 302 g/mol. The first-order chi connectivity index (χ1) is 11.5. The number of carboxylic acid groups (broad SMARTS) is 1. The number of hydrogen-bond donors (Lipinski definition) is 2. The summed E-state index contributed by atoms with van der Waals surface area (Å²) in [6.07, 6.45) is 20.2. The van der Waals surface area contributed by atoms with Gasteiger partial charge in [0.05, 0.1) is 14.1 Å². The molecule has 0 heterocycles. The molecule has 0 saturated heterocycles. The van der Waals surface area contributed by atoms with Gasteiger partial charge < -0.3 is 15.4 Å². The molecule has 0 bridgehead atoms. The summed E-state index contributed by atoms with van der Waals surface area (Å²) in [7, 11) is 3.06. The lowest BCUT2D eigenvalue weighted by molar-refractivity contribution is -0.802. The summed E-state index contributed by atoms with van der Waals surface area (Å²) in [6, 6.07) is 0. The van der Waals surface area contributed by atoms with Crippen molar-refractivity contribution < 1.29 is 15.0 Å². The minimum absolute atomic E-state index is 0.167. The average Bonchev–Trinajstić information content (AvgIpc) is 2.50. The van der Waals surface area contributed by atoms with Crippen LogP contribution in [-0.4, -0.2) is 25.2 Å². The average molecular weight is 346 g/mol. The molecule has 0 aliphatic rings. The summed E-state index contributed by atoms with van der Waals surface area (Å²) in [5.41, 5.74) is 0. The molecule has 0 saturated carbocycles. The predicted octanol–water partition coefficient (Wildman–Crippen LogP) is 4.96. The Morgan fingerprint density at radius 2 is 0.958 bits per heavy atom. The highest BCUT2D eigenvalue weighted by atomic mass is 16.5. The van der Waals surface area contributed by atoms with Crippen LogP contribution in [0.5, 0.6) is 0 Å². The monoisotopic (exact) mass is 345 g/mol. The van der Waals surface area contributed by atoms with Gasteiger partial charge in [0.1, 0.15) is 0 Å². The number of rotatable bonds is 16. The van der Waals surface area contributed by atoms with Crippen molar-refractivity contribution in [3.05, 3.63) is 5.21 Å². The number of carboxylic acids is 1. The van der Waals surface area contributed by atoms with Crippen LogP contribution in [-0.2, 0) is 4.79 Å². The van der Waals surface area contributed by atoms with Crippen molar-refractivity contribution in [1.29, 1.82) is 0 Å². The largest absolute Gasteiger partial charge is 0.635 e. The third-order valence-electron chi connectivity index (χ3n) is 3.99. The molecule has 0 spiro atoms. The Hall–Kier alpha value is -0.610. The molecule has 0 aromatic heterocycles. The molecule has 0 aliphatic heterocycles. The van der Waals surface area contributed by atoms with Crippen molar-refractivity contribution >= 4 is 5.97 Å². The Morgan fingerprint density at radius 1 is 0.708 bits per heavy atom. The van der Waals surface area contributed by atoms with Crippen LogP contribution in [0.2, 0.25) is 0 Å². The number of nitrogens with one attached hydrogen (secondary N) is 1. The zero-order valence-electron chi connectivity index (χ0n) is 16.6. The van der Waals surface area contributed by atoms with E-state index in [-0.39, 0.29) is 5.06 Å². The molecule has 0 fully saturated rings. The van der Waals surface area contributed by atoms with Gasteiger partial charge in [-0.3, -0.25) is 4.79 Å². The highest BCUT2D eigenvalue weighted by Crippen LogP contribution is 2.13. The highest BCUT2D eigenvalue weighted by Gasteiger charge is 1.97. The summed E-state index contributed by atoms with van der Waals surface area (Å²) >= 11 is 0. The third-order valence-corrected chi connectivity index (χ3v) is 3.99. The van der Waals surface area contributed by atoms with Gasteiger partial charge in [-0.05, 0) is 6.42 Å². The van der Waals surface area contributed by atoms with E-state index in [1.165, 1.54) is 97.6 Å². The van der Waals surface area contributed by atoms with E-state index < -0.39 is 5.97 Å². The zero-order chi connectivity index (χ0) is 18.5. The van der Waals surface area contributed by atoms with Gasteiger partial charge in [-0.25, -0.2) is 0 Å². The normalized spacial score (nSPS) is 10.5. The standard InChI is InChI=1S/C18H36O2.C2H7NO/c1-2-3-4-5-6-7-8-9-10-11-12-13-14-15-16-17-18(19)20;1-3(2)4/h2-17H2,1H3,(H,19,20);3H,1-2H3. The highest BCUT2D eigenvalue weighted by molar-refractivity contribution is 5.66. The van der Waals surface area contributed by atoms with Gasteiger partial charge in [0, 0.05) is 6.42 Å². The van der Waals surface area contributed by atoms with E-state index in [1.807, 2.05) is 0 Å². The van der Waals surface area contributed by atoms with Crippen molar-refractivity contribution in [1.82, 2.24) is 0 Å². The molecule has 4 nitrogen and oxygen atoms in total. The van der Waals surface area contributed by atoms with Crippen LogP contribution < -0.4 is 5.06 Å². The minimum atomic E-state index is -0.653. The number of carbonyl (C=O) groups is 1. The second-order valence-corrected chi connectivity index (χ2v) is 7.00. The van der Waals surface area contributed by atoms with Crippen LogP contribution in [0.3, 0.4) is 0 Å². The molecule has 24 heavy (non-hydrogen) atoms. The van der Waals surface area contributed by atoms with Gasteiger partial charge in [-0.1, -0.05) is 96.8 Å². The van der Waals surface area contributed by atoms with Crippen LogP contribution in [0, 0.1) is 5.21 Å². The summed E-state index contributed by atoms with van der Waals surface area (Å²) in [5.74, 6) is -0.653. The van der Waals surface area contributed by atoms with Crippen molar-refractivity contribution in [2.45, 2.75) is 110 Å². The molecule has 0 radical (unpaired) electrons. The number of hydrogen-bond acceptors (Lipinski definition) is 2. The van der Waals surface area contributed by atoms with Crippen LogP contribution in [0.1, 0.15) is 110 Å². The van der Waals surface area contributed by atoms with Crippen molar-refractivity contribution in [2.24, 2.45) is 0 Å². The molecule has 4 heteroatoms. The lowest BCUT2D eigenvalue weighted by atomic mass is 10.0. The third kappa shape index (κ3) is 33.1. The van der Waals surface area contributed by atoms with Gasteiger partial charge in [0.15, 0.2) is 0 Å². The van der Waals surface area contributed by atoms with Crippen LogP contribution >= 0.6 is 0 Å². The second-order valence-electron chi connectivity index (χ2n) is 7.00. The minimum Gasteiger partial charge on any atom is -0.635 e. The molecule has 146 valence electrons. The van der Waals surface area contributed by atoms with E-state index in [2.05, 4.69) is 6.92 Å². The maximum Gasteiger partial charge on any atom is 0.303 e. The quantitative estimate of drug-likeness (QED) is 0.307. The molecule has 2 N–H and O–H groups in total. The summed E-state index contributed by atoms with van der Waals surface area (Å²) in [4.78, 5) is 10.3. The fourth-order valence-electron chi connectivity index (χ4n) is 2.65. The van der Waals surface area contributed by atoms with Crippen molar-refractivity contribution in [2.75, 3.05) is 14.1 Å². The number of unbranched alkanes of at least 4 members (excludes halogenated alkanes) is 14. The van der Waals surface area contributed by atoms with Gasteiger partial charge in [-0.15, -0.1) is 0 Å². The maximum absolute atomic E-state index is 10.3. The van der Waals surface area contributed by atoms with E-state index in [1.54, 1.807) is 0 Å². The Bertz CT molecular complexity index is 242. The lowest BCUT2D eigenvalue weighted by Gasteiger charge is -2.04. The van der Waals surface area contributed by atoms with E-state index in [0.717, 1.165) is 12.8 Å². The van der Waals surface area contributed by atoms with Crippen LogP contribution in [0.15, 0.2) is 0 Å². The predicted molar refractivity (Wildman–Crippen MR) is 103 cm³/mol. The summed E-state index contributed by atoms with van der Waals surface area (Å²) in [5, 5.41) is 18.1. The number of hydroxylamine groups is 2.